The minimum atomic E-state index is -0.757. The minimum absolute atomic E-state index is 0. The third kappa shape index (κ3) is 3.97. The molecule has 0 saturated heterocycles. The van der Waals surface area contributed by atoms with Crippen LogP contribution in [0.2, 0.25) is 0 Å². The second-order valence-electron chi connectivity index (χ2n) is 1.27. The predicted octanol–water partition coefficient (Wildman–Crippen LogP) is 0.560. The molecule has 0 aromatic heterocycles. The molecule has 0 aliphatic heterocycles. The highest BCUT2D eigenvalue weighted by Crippen LogP contribution is 1.82. The van der Waals surface area contributed by atoms with Gasteiger partial charge in [0.05, 0.1) is 7.11 Å². The molecule has 0 spiro atoms. The Hall–Kier alpha value is -0.570. The van der Waals surface area contributed by atoms with Crippen LogP contribution in [-0.2, 0) is 14.3 Å². The molecule has 0 radical (unpaired) electrons. The van der Waals surface area contributed by atoms with E-state index < -0.39 is 11.8 Å². The lowest BCUT2D eigenvalue weighted by atomic mass is 10.3. The summed E-state index contributed by atoms with van der Waals surface area (Å²) >= 11 is 0. The number of ether oxygens (including phenoxy) is 1. The van der Waals surface area contributed by atoms with Crippen LogP contribution in [0.15, 0.2) is 0 Å². The lowest BCUT2D eigenvalue weighted by Gasteiger charge is -1.90. The molecule has 54 valence electrons. The van der Waals surface area contributed by atoms with Gasteiger partial charge >= 0.3 is 5.97 Å². The second-order valence-corrected chi connectivity index (χ2v) is 1.27. The molecule has 0 rings (SSSR count). The van der Waals surface area contributed by atoms with Crippen LogP contribution in [0.4, 0.5) is 0 Å². The standard InChI is InChI=1S/C5H8O3.ClH/c1-3-4(6)5(7)8-2;/h3H2,1-2H3;1H. The molecule has 0 N–H and O–H groups in total. The Bertz CT molecular complexity index is 96.8. The molecule has 4 heteroatoms. The van der Waals surface area contributed by atoms with E-state index in [1.54, 1.807) is 6.92 Å². The largest absolute Gasteiger partial charge is 0.463 e. The SMILES string of the molecule is CCC(=O)C(=O)OC.Cl. The molecule has 0 aromatic rings. The van der Waals surface area contributed by atoms with Crippen LogP contribution in [0.5, 0.6) is 0 Å². The Labute approximate surface area is 59.8 Å². The first kappa shape index (κ1) is 11.3. The topological polar surface area (TPSA) is 43.4 Å². The number of hydrogen-bond donors (Lipinski definition) is 0. The maximum atomic E-state index is 10.3. The number of hydrogen-bond acceptors (Lipinski definition) is 3. The van der Waals surface area contributed by atoms with E-state index in [1.165, 1.54) is 7.11 Å². The molecule has 0 aliphatic rings. The number of halogens is 1. The van der Waals surface area contributed by atoms with Crippen LogP contribution < -0.4 is 0 Å². The fourth-order valence-corrected chi connectivity index (χ4v) is 0.258. The van der Waals surface area contributed by atoms with Gasteiger partial charge in [-0.25, -0.2) is 4.79 Å². The maximum Gasteiger partial charge on any atom is 0.374 e. The van der Waals surface area contributed by atoms with Crippen molar-refractivity contribution >= 4 is 24.2 Å². The third-order valence-corrected chi connectivity index (χ3v) is 0.734. The van der Waals surface area contributed by atoms with Crippen molar-refractivity contribution in [3.63, 3.8) is 0 Å². The van der Waals surface area contributed by atoms with Gasteiger partial charge in [0.1, 0.15) is 0 Å². The molecular formula is C5H9ClO3. The zero-order valence-electron chi connectivity index (χ0n) is 5.34. The first-order valence-electron chi connectivity index (χ1n) is 2.33. The molecule has 0 aliphatic carbocycles. The fourth-order valence-electron chi connectivity index (χ4n) is 0.258. The van der Waals surface area contributed by atoms with Crippen molar-refractivity contribution < 1.29 is 14.3 Å². The lowest BCUT2D eigenvalue weighted by Crippen LogP contribution is -2.13. The van der Waals surface area contributed by atoms with E-state index >= 15 is 0 Å². The highest BCUT2D eigenvalue weighted by molar-refractivity contribution is 6.33. The summed E-state index contributed by atoms with van der Waals surface area (Å²) in [6, 6.07) is 0. The first-order chi connectivity index (χ1) is 3.72. The highest BCUT2D eigenvalue weighted by atomic mass is 35.5. The fraction of sp³-hybridized carbons (Fsp3) is 0.600. The molecule has 0 atom stereocenters. The van der Waals surface area contributed by atoms with Gasteiger partial charge in [0, 0.05) is 6.42 Å². The van der Waals surface area contributed by atoms with Crippen LogP contribution in [0, 0.1) is 0 Å². The van der Waals surface area contributed by atoms with Gasteiger partial charge in [0.2, 0.25) is 5.78 Å². The van der Waals surface area contributed by atoms with E-state index in [0.717, 1.165) is 0 Å². The van der Waals surface area contributed by atoms with Gasteiger partial charge in [-0.2, -0.15) is 0 Å². The smallest absolute Gasteiger partial charge is 0.374 e. The summed E-state index contributed by atoms with van der Waals surface area (Å²) < 4.78 is 4.11. The summed E-state index contributed by atoms with van der Waals surface area (Å²) in [6.45, 7) is 1.61. The monoisotopic (exact) mass is 152 g/mol. The van der Waals surface area contributed by atoms with Gasteiger partial charge in [-0.15, -0.1) is 12.4 Å². The lowest BCUT2D eigenvalue weighted by molar-refractivity contribution is -0.151. The van der Waals surface area contributed by atoms with E-state index in [2.05, 4.69) is 4.74 Å². The zero-order chi connectivity index (χ0) is 6.57. The number of methoxy groups -OCH3 is 1. The number of carbonyl (C=O) groups excluding carboxylic acids is 2. The summed E-state index contributed by atoms with van der Waals surface area (Å²) in [5.41, 5.74) is 0. The summed E-state index contributed by atoms with van der Waals surface area (Å²) in [5, 5.41) is 0. The van der Waals surface area contributed by atoms with Crippen molar-refractivity contribution in [1.82, 2.24) is 0 Å². The normalized spacial score (nSPS) is 7.33. The number of ketones is 1. The van der Waals surface area contributed by atoms with Crippen molar-refractivity contribution in [2.75, 3.05) is 7.11 Å². The highest BCUT2D eigenvalue weighted by Gasteiger charge is 2.08. The molecule has 0 saturated carbocycles. The van der Waals surface area contributed by atoms with Gasteiger partial charge in [0.15, 0.2) is 0 Å². The molecule has 0 amide bonds. The average molecular weight is 153 g/mol. The van der Waals surface area contributed by atoms with Crippen molar-refractivity contribution in [1.29, 1.82) is 0 Å². The Kier molecular flexibility index (Phi) is 6.96. The van der Waals surface area contributed by atoms with Gasteiger partial charge in [-0.05, 0) is 0 Å². The molecule has 3 nitrogen and oxygen atoms in total. The minimum Gasteiger partial charge on any atom is -0.463 e. The molecule has 0 heterocycles. The van der Waals surface area contributed by atoms with Crippen molar-refractivity contribution in [2.24, 2.45) is 0 Å². The molecule has 9 heavy (non-hydrogen) atoms. The Balaban J connectivity index is 0. The zero-order valence-corrected chi connectivity index (χ0v) is 6.16. The van der Waals surface area contributed by atoms with Gasteiger partial charge in [-0.1, -0.05) is 6.92 Å². The number of esters is 1. The molecule has 0 fully saturated rings. The summed E-state index contributed by atoms with van der Waals surface area (Å²) in [7, 11) is 1.19. The summed E-state index contributed by atoms with van der Waals surface area (Å²) in [6.07, 6.45) is 0.215. The van der Waals surface area contributed by atoms with Crippen molar-refractivity contribution in [3.05, 3.63) is 0 Å². The Morgan fingerprint density at radius 3 is 2.00 bits per heavy atom. The van der Waals surface area contributed by atoms with Crippen LogP contribution in [0.3, 0.4) is 0 Å². The molecular weight excluding hydrogens is 144 g/mol. The molecule has 0 unspecified atom stereocenters. The Morgan fingerprint density at radius 2 is 1.89 bits per heavy atom. The number of Topliss-reactive ketones (excluding diaryl/α,β-unsaturated/α-hetero) is 1. The Morgan fingerprint density at radius 1 is 1.44 bits per heavy atom. The van der Waals surface area contributed by atoms with Gasteiger partial charge in [-0.3, -0.25) is 4.79 Å². The third-order valence-electron chi connectivity index (χ3n) is 0.734. The van der Waals surface area contributed by atoms with E-state index in [1.807, 2.05) is 0 Å². The van der Waals surface area contributed by atoms with Crippen molar-refractivity contribution in [3.8, 4) is 0 Å². The van der Waals surface area contributed by atoms with E-state index in [-0.39, 0.29) is 18.8 Å². The summed E-state index contributed by atoms with van der Waals surface area (Å²) in [4.78, 5) is 20.4. The van der Waals surface area contributed by atoms with E-state index in [0.29, 0.717) is 0 Å². The van der Waals surface area contributed by atoms with Gasteiger partial charge < -0.3 is 4.74 Å². The van der Waals surface area contributed by atoms with Crippen LogP contribution in [0.25, 0.3) is 0 Å². The average Bonchev–Trinajstić information content (AvgIpc) is 1.84. The first-order valence-corrected chi connectivity index (χ1v) is 2.33. The maximum absolute atomic E-state index is 10.3. The van der Waals surface area contributed by atoms with E-state index in [9.17, 15) is 9.59 Å². The van der Waals surface area contributed by atoms with Crippen molar-refractivity contribution in [2.45, 2.75) is 13.3 Å². The quantitative estimate of drug-likeness (QED) is 0.429. The van der Waals surface area contributed by atoms with Crippen LogP contribution in [-0.4, -0.2) is 18.9 Å². The van der Waals surface area contributed by atoms with E-state index in [4.69, 9.17) is 0 Å². The van der Waals surface area contributed by atoms with Gasteiger partial charge in [0.25, 0.3) is 0 Å². The number of rotatable bonds is 2. The summed E-state index contributed by atoms with van der Waals surface area (Å²) in [5.74, 6) is -1.24. The second kappa shape index (κ2) is 5.56. The van der Waals surface area contributed by atoms with Crippen LogP contribution >= 0.6 is 12.4 Å². The number of carbonyl (C=O) groups is 2. The predicted molar refractivity (Wildman–Crippen MR) is 34.6 cm³/mol. The molecule has 0 aromatic carbocycles. The molecule has 0 bridgehead atoms. The van der Waals surface area contributed by atoms with Crippen LogP contribution in [0.1, 0.15) is 13.3 Å².